The van der Waals surface area contributed by atoms with Crippen molar-refractivity contribution in [1.82, 2.24) is 10.3 Å². The minimum Gasteiger partial charge on any atom is -0.374 e. The third kappa shape index (κ3) is 3.56. The van der Waals surface area contributed by atoms with Gasteiger partial charge in [-0.15, -0.1) is 0 Å². The molecule has 2 rings (SSSR count). The van der Waals surface area contributed by atoms with Crippen molar-refractivity contribution in [3.8, 4) is 0 Å². The van der Waals surface area contributed by atoms with E-state index in [0.717, 1.165) is 30.3 Å². The number of hydrogen-bond donors (Lipinski definition) is 1. The van der Waals surface area contributed by atoms with Gasteiger partial charge in [0.1, 0.15) is 0 Å². The first kappa shape index (κ1) is 14.9. The standard InChI is InChI=1S/C15H23BrN2O/c1-3-19-15(6-4-5-7-15)14(17-2)9-12-8-13(16)11-18-10-12/h8,10-11,14,17H,3-7,9H2,1-2H3. The van der Waals surface area contributed by atoms with Gasteiger partial charge in [0.05, 0.1) is 5.60 Å². The summed E-state index contributed by atoms with van der Waals surface area (Å²) in [4.78, 5) is 4.25. The molecule has 0 saturated heterocycles. The number of ether oxygens (including phenoxy) is 1. The molecule has 1 heterocycles. The molecule has 1 aromatic rings. The molecule has 1 aliphatic rings. The van der Waals surface area contributed by atoms with Crippen LogP contribution in [0.4, 0.5) is 0 Å². The van der Waals surface area contributed by atoms with E-state index in [2.05, 4.69) is 39.2 Å². The lowest BCUT2D eigenvalue weighted by Gasteiger charge is -2.37. The van der Waals surface area contributed by atoms with E-state index in [-0.39, 0.29) is 5.60 Å². The fraction of sp³-hybridized carbons (Fsp3) is 0.667. The van der Waals surface area contributed by atoms with Crippen molar-refractivity contribution in [2.24, 2.45) is 0 Å². The molecular weight excluding hydrogens is 304 g/mol. The van der Waals surface area contributed by atoms with E-state index < -0.39 is 0 Å². The zero-order chi connectivity index (χ0) is 13.7. The molecule has 0 amide bonds. The summed E-state index contributed by atoms with van der Waals surface area (Å²) < 4.78 is 7.19. The van der Waals surface area contributed by atoms with E-state index >= 15 is 0 Å². The van der Waals surface area contributed by atoms with Gasteiger partial charge in [0.15, 0.2) is 0 Å². The topological polar surface area (TPSA) is 34.1 Å². The van der Waals surface area contributed by atoms with Gasteiger partial charge >= 0.3 is 0 Å². The van der Waals surface area contributed by atoms with E-state index in [1.165, 1.54) is 18.4 Å². The molecule has 1 saturated carbocycles. The molecule has 1 aromatic heterocycles. The van der Waals surface area contributed by atoms with Crippen LogP contribution < -0.4 is 5.32 Å². The molecule has 4 heteroatoms. The van der Waals surface area contributed by atoms with Crippen LogP contribution in [0.2, 0.25) is 0 Å². The smallest absolute Gasteiger partial charge is 0.0837 e. The Morgan fingerprint density at radius 2 is 2.16 bits per heavy atom. The Hall–Kier alpha value is -0.450. The second-order valence-electron chi connectivity index (χ2n) is 5.26. The highest BCUT2D eigenvalue weighted by atomic mass is 79.9. The van der Waals surface area contributed by atoms with Gasteiger partial charge in [-0.1, -0.05) is 12.8 Å². The quantitative estimate of drug-likeness (QED) is 0.870. The van der Waals surface area contributed by atoms with Crippen molar-refractivity contribution in [2.45, 2.75) is 50.7 Å². The van der Waals surface area contributed by atoms with E-state index in [0.29, 0.717) is 6.04 Å². The van der Waals surface area contributed by atoms with Gasteiger partial charge in [-0.3, -0.25) is 4.98 Å². The fourth-order valence-corrected chi connectivity index (χ4v) is 3.62. The van der Waals surface area contributed by atoms with Crippen LogP contribution in [-0.4, -0.2) is 30.3 Å². The molecule has 19 heavy (non-hydrogen) atoms. The summed E-state index contributed by atoms with van der Waals surface area (Å²) in [5, 5.41) is 3.47. The van der Waals surface area contributed by atoms with Crippen LogP contribution in [-0.2, 0) is 11.2 Å². The lowest BCUT2D eigenvalue weighted by molar-refractivity contribution is -0.0597. The Bertz CT molecular complexity index is 405. The van der Waals surface area contributed by atoms with Crippen molar-refractivity contribution >= 4 is 15.9 Å². The van der Waals surface area contributed by atoms with Crippen molar-refractivity contribution in [3.63, 3.8) is 0 Å². The summed E-state index contributed by atoms with van der Waals surface area (Å²) in [5.41, 5.74) is 1.26. The highest BCUT2D eigenvalue weighted by Crippen LogP contribution is 2.37. The summed E-state index contributed by atoms with van der Waals surface area (Å²) in [6, 6.07) is 2.50. The third-order valence-electron chi connectivity index (χ3n) is 4.07. The summed E-state index contributed by atoms with van der Waals surface area (Å²) >= 11 is 3.49. The molecule has 1 N–H and O–H groups in total. The molecule has 0 spiro atoms. The van der Waals surface area contributed by atoms with Crippen LogP contribution in [0.25, 0.3) is 0 Å². The second-order valence-corrected chi connectivity index (χ2v) is 6.18. The molecule has 0 bridgehead atoms. The maximum atomic E-state index is 6.15. The maximum Gasteiger partial charge on any atom is 0.0837 e. The fourth-order valence-electron chi connectivity index (χ4n) is 3.21. The Morgan fingerprint density at radius 1 is 1.42 bits per heavy atom. The summed E-state index contributed by atoms with van der Waals surface area (Å²) in [5.74, 6) is 0. The van der Waals surface area contributed by atoms with Crippen molar-refractivity contribution in [3.05, 3.63) is 28.5 Å². The third-order valence-corrected chi connectivity index (χ3v) is 4.50. The number of pyridine rings is 1. The average molecular weight is 327 g/mol. The van der Waals surface area contributed by atoms with Gasteiger partial charge < -0.3 is 10.1 Å². The number of nitrogens with zero attached hydrogens (tertiary/aromatic N) is 1. The first-order chi connectivity index (χ1) is 9.20. The summed E-state index contributed by atoms with van der Waals surface area (Å²) in [7, 11) is 2.04. The van der Waals surface area contributed by atoms with Gasteiger partial charge in [-0.2, -0.15) is 0 Å². The molecule has 106 valence electrons. The Labute approximate surface area is 124 Å². The maximum absolute atomic E-state index is 6.15. The van der Waals surface area contributed by atoms with E-state index in [9.17, 15) is 0 Å². The second kappa shape index (κ2) is 6.82. The molecule has 1 aliphatic carbocycles. The lowest BCUT2D eigenvalue weighted by atomic mass is 9.87. The predicted octanol–water partition coefficient (Wildman–Crippen LogP) is 3.32. The van der Waals surface area contributed by atoms with Crippen molar-refractivity contribution in [2.75, 3.05) is 13.7 Å². The van der Waals surface area contributed by atoms with Crippen molar-refractivity contribution in [1.29, 1.82) is 0 Å². The normalized spacial score (nSPS) is 19.5. The number of rotatable bonds is 6. The van der Waals surface area contributed by atoms with E-state index in [1.807, 2.05) is 19.4 Å². The van der Waals surface area contributed by atoms with Crippen LogP contribution in [0, 0.1) is 0 Å². The molecule has 1 fully saturated rings. The van der Waals surface area contributed by atoms with Crippen LogP contribution in [0.3, 0.4) is 0 Å². The molecule has 0 radical (unpaired) electrons. The van der Waals surface area contributed by atoms with Gasteiger partial charge in [-0.05, 0) is 60.8 Å². The molecule has 1 atom stereocenters. The number of aromatic nitrogens is 1. The van der Waals surface area contributed by atoms with E-state index in [1.54, 1.807) is 0 Å². The monoisotopic (exact) mass is 326 g/mol. The van der Waals surface area contributed by atoms with Gasteiger partial charge in [-0.25, -0.2) is 0 Å². The molecule has 1 unspecified atom stereocenters. The predicted molar refractivity (Wildman–Crippen MR) is 81.3 cm³/mol. The van der Waals surface area contributed by atoms with Gasteiger partial charge in [0.2, 0.25) is 0 Å². The lowest BCUT2D eigenvalue weighted by Crippen LogP contribution is -2.51. The number of halogens is 1. The van der Waals surface area contributed by atoms with E-state index in [4.69, 9.17) is 4.74 Å². The minimum absolute atomic E-state index is 0.00577. The first-order valence-corrected chi connectivity index (χ1v) is 7.90. The van der Waals surface area contributed by atoms with Gasteiger partial charge in [0, 0.05) is 29.5 Å². The van der Waals surface area contributed by atoms with Crippen LogP contribution in [0.5, 0.6) is 0 Å². The van der Waals surface area contributed by atoms with Crippen molar-refractivity contribution < 1.29 is 4.74 Å². The first-order valence-electron chi connectivity index (χ1n) is 7.11. The Balaban J connectivity index is 2.14. The molecule has 0 aliphatic heterocycles. The van der Waals surface area contributed by atoms with Crippen LogP contribution in [0.15, 0.2) is 22.9 Å². The largest absolute Gasteiger partial charge is 0.374 e. The van der Waals surface area contributed by atoms with Crippen LogP contribution in [0.1, 0.15) is 38.2 Å². The average Bonchev–Trinajstić information content (AvgIpc) is 2.86. The highest BCUT2D eigenvalue weighted by Gasteiger charge is 2.41. The zero-order valence-electron chi connectivity index (χ0n) is 11.8. The summed E-state index contributed by atoms with van der Waals surface area (Å²) in [6.45, 7) is 2.88. The summed E-state index contributed by atoms with van der Waals surface area (Å²) in [6.07, 6.45) is 9.60. The zero-order valence-corrected chi connectivity index (χ0v) is 13.4. The number of nitrogens with one attached hydrogen (secondary N) is 1. The minimum atomic E-state index is 0.00577. The molecular formula is C15H23BrN2O. The highest BCUT2D eigenvalue weighted by molar-refractivity contribution is 9.10. The Morgan fingerprint density at radius 3 is 2.74 bits per heavy atom. The van der Waals surface area contributed by atoms with Gasteiger partial charge in [0.25, 0.3) is 0 Å². The van der Waals surface area contributed by atoms with Crippen LogP contribution >= 0.6 is 15.9 Å². The number of likely N-dealkylation sites (N-methyl/N-ethyl adjacent to an activating group) is 1. The molecule has 3 nitrogen and oxygen atoms in total. The SMILES string of the molecule is CCOC1(C(Cc2cncc(Br)c2)NC)CCCC1. The molecule has 0 aromatic carbocycles. The number of hydrogen-bond acceptors (Lipinski definition) is 3. The Kier molecular flexibility index (Phi) is 5.37.